The summed E-state index contributed by atoms with van der Waals surface area (Å²) in [5, 5.41) is 15.0. The molecule has 0 spiro atoms. The first-order valence-corrected chi connectivity index (χ1v) is 5.99. The van der Waals surface area contributed by atoms with Crippen LogP contribution in [0.2, 0.25) is 0 Å². The first-order chi connectivity index (χ1) is 7.81. The van der Waals surface area contributed by atoms with Gasteiger partial charge in [0.25, 0.3) is 0 Å². The Kier molecular flexibility index (Phi) is 3.71. The maximum Gasteiger partial charge on any atom is 0.245 e. The Bertz CT molecular complexity index is 323. The van der Waals surface area contributed by atoms with Crippen molar-refractivity contribution < 1.29 is 0 Å². The monoisotopic (exact) mass is 224 g/mol. The van der Waals surface area contributed by atoms with Crippen LogP contribution in [0.4, 0.5) is 5.95 Å². The van der Waals surface area contributed by atoms with Crippen molar-refractivity contribution in [3.63, 3.8) is 0 Å². The zero-order valence-corrected chi connectivity index (χ0v) is 10.1. The van der Waals surface area contributed by atoms with Crippen LogP contribution in [-0.2, 0) is 7.05 Å². The van der Waals surface area contributed by atoms with Gasteiger partial charge in [-0.25, -0.2) is 4.68 Å². The molecule has 1 N–H and O–H groups in total. The molecular formula is C10H20N6. The standard InChI is InChI=1S/C10H20N6/c1-3-11-7-9-5-4-6-16(8-9)10-12-13-14-15(10)2/h9,11H,3-8H2,1-2H3. The normalized spacial score (nSPS) is 21.4. The zero-order valence-electron chi connectivity index (χ0n) is 10.1. The Labute approximate surface area is 96.0 Å². The Balaban J connectivity index is 1.94. The van der Waals surface area contributed by atoms with E-state index in [0.29, 0.717) is 5.92 Å². The van der Waals surface area contributed by atoms with Crippen LogP contribution in [0.5, 0.6) is 0 Å². The maximum absolute atomic E-state index is 4.06. The van der Waals surface area contributed by atoms with Crippen molar-refractivity contribution in [2.24, 2.45) is 13.0 Å². The first kappa shape index (κ1) is 11.3. The lowest BCUT2D eigenvalue weighted by Gasteiger charge is -2.32. The minimum atomic E-state index is 0.713. The lowest BCUT2D eigenvalue weighted by Crippen LogP contribution is -2.40. The minimum absolute atomic E-state index is 0.713. The molecule has 6 heteroatoms. The minimum Gasteiger partial charge on any atom is -0.339 e. The Morgan fingerprint density at radius 2 is 2.38 bits per heavy atom. The van der Waals surface area contributed by atoms with E-state index in [4.69, 9.17) is 0 Å². The van der Waals surface area contributed by atoms with Crippen molar-refractivity contribution in [3.05, 3.63) is 0 Å². The molecule has 1 fully saturated rings. The largest absolute Gasteiger partial charge is 0.339 e. The van der Waals surface area contributed by atoms with Crippen LogP contribution in [-0.4, -0.2) is 46.4 Å². The van der Waals surface area contributed by atoms with E-state index in [0.717, 1.165) is 32.1 Å². The molecule has 1 aromatic heterocycles. The van der Waals surface area contributed by atoms with Crippen LogP contribution in [0.3, 0.4) is 0 Å². The number of rotatable bonds is 4. The van der Waals surface area contributed by atoms with Gasteiger partial charge >= 0.3 is 0 Å². The number of hydrogen-bond donors (Lipinski definition) is 1. The fourth-order valence-corrected chi connectivity index (χ4v) is 2.25. The van der Waals surface area contributed by atoms with Gasteiger partial charge in [-0.05, 0) is 42.3 Å². The summed E-state index contributed by atoms with van der Waals surface area (Å²) in [6.07, 6.45) is 2.53. The Morgan fingerprint density at radius 1 is 1.50 bits per heavy atom. The van der Waals surface area contributed by atoms with E-state index in [2.05, 4.69) is 32.7 Å². The van der Waals surface area contributed by atoms with E-state index in [1.54, 1.807) is 4.68 Å². The van der Waals surface area contributed by atoms with E-state index >= 15 is 0 Å². The first-order valence-electron chi connectivity index (χ1n) is 5.99. The fraction of sp³-hybridized carbons (Fsp3) is 0.900. The van der Waals surface area contributed by atoms with Crippen molar-refractivity contribution in [1.29, 1.82) is 0 Å². The number of nitrogens with one attached hydrogen (secondary N) is 1. The average molecular weight is 224 g/mol. The second-order valence-corrected chi connectivity index (χ2v) is 4.36. The molecule has 90 valence electrons. The van der Waals surface area contributed by atoms with Gasteiger partial charge in [0.05, 0.1) is 0 Å². The molecule has 16 heavy (non-hydrogen) atoms. The average Bonchev–Trinajstić information content (AvgIpc) is 2.73. The van der Waals surface area contributed by atoms with E-state index in [1.165, 1.54) is 12.8 Å². The number of tetrazole rings is 1. The lowest BCUT2D eigenvalue weighted by molar-refractivity contribution is 0.390. The smallest absolute Gasteiger partial charge is 0.245 e. The van der Waals surface area contributed by atoms with Crippen LogP contribution in [0.15, 0.2) is 0 Å². The lowest BCUT2D eigenvalue weighted by atomic mass is 9.98. The zero-order chi connectivity index (χ0) is 11.4. The van der Waals surface area contributed by atoms with Crippen LogP contribution in [0.25, 0.3) is 0 Å². The highest BCUT2D eigenvalue weighted by atomic mass is 15.6. The number of piperidine rings is 1. The summed E-state index contributed by atoms with van der Waals surface area (Å²) in [4.78, 5) is 2.28. The van der Waals surface area contributed by atoms with Crippen LogP contribution >= 0.6 is 0 Å². The van der Waals surface area contributed by atoms with E-state index < -0.39 is 0 Å². The second-order valence-electron chi connectivity index (χ2n) is 4.36. The van der Waals surface area contributed by atoms with E-state index in [9.17, 15) is 0 Å². The molecule has 0 saturated carbocycles. The van der Waals surface area contributed by atoms with Crippen LogP contribution in [0.1, 0.15) is 19.8 Å². The molecule has 1 aromatic rings. The van der Waals surface area contributed by atoms with Crippen molar-refractivity contribution in [2.75, 3.05) is 31.1 Å². The molecule has 1 unspecified atom stereocenters. The van der Waals surface area contributed by atoms with E-state index in [-0.39, 0.29) is 0 Å². The maximum atomic E-state index is 4.06. The molecule has 0 aromatic carbocycles. The topological polar surface area (TPSA) is 58.9 Å². The van der Waals surface area contributed by atoms with Gasteiger partial charge in [-0.15, -0.1) is 0 Å². The summed E-state index contributed by atoms with van der Waals surface area (Å²) in [7, 11) is 1.89. The van der Waals surface area contributed by atoms with Crippen LogP contribution in [0, 0.1) is 5.92 Å². The molecule has 6 nitrogen and oxygen atoms in total. The SMILES string of the molecule is CCNCC1CCCN(c2nnnn2C)C1. The molecule has 1 saturated heterocycles. The van der Waals surface area contributed by atoms with Gasteiger partial charge in [0.2, 0.25) is 5.95 Å². The third-order valence-electron chi connectivity index (χ3n) is 3.08. The summed E-state index contributed by atoms with van der Waals surface area (Å²) in [6, 6.07) is 0. The number of nitrogens with zero attached hydrogens (tertiary/aromatic N) is 5. The van der Waals surface area contributed by atoms with Gasteiger partial charge in [-0.1, -0.05) is 12.0 Å². The van der Waals surface area contributed by atoms with Gasteiger partial charge < -0.3 is 10.2 Å². The summed E-state index contributed by atoms with van der Waals surface area (Å²) in [5.74, 6) is 1.60. The number of hydrogen-bond acceptors (Lipinski definition) is 5. The summed E-state index contributed by atoms with van der Waals surface area (Å²) < 4.78 is 1.75. The number of aryl methyl sites for hydroxylation is 1. The Morgan fingerprint density at radius 3 is 3.06 bits per heavy atom. The third kappa shape index (κ3) is 2.49. The predicted octanol–water partition coefficient (Wildman–Crippen LogP) is 0.0360. The quantitative estimate of drug-likeness (QED) is 0.782. The summed E-state index contributed by atoms with van der Waals surface area (Å²) in [5.41, 5.74) is 0. The van der Waals surface area contributed by atoms with Crippen molar-refractivity contribution >= 4 is 5.95 Å². The number of aromatic nitrogens is 4. The molecular weight excluding hydrogens is 204 g/mol. The molecule has 0 bridgehead atoms. The molecule has 1 aliphatic rings. The highest BCUT2D eigenvalue weighted by molar-refractivity contribution is 5.28. The van der Waals surface area contributed by atoms with Gasteiger partial charge in [0.15, 0.2) is 0 Å². The highest BCUT2D eigenvalue weighted by Crippen LogP contribution is 2.19. The molecule has 0 radical (unpaired) electrons. The molecule has 1 atom stereocenters. The molecule has 0 aliphatic carbocycles. The fourth-order valence-electron chi connectivity index (χ4n) is 2.25. The van der Waals surface area contributed by atoms with Crippen LogP contribution < -0.4 is 10.2 Å². The molecule has 0 amide bonds. The van der Waals surface area contributed by atoms with Gasteiger partial charge in [-0.2, -0.15) is 0 Å². The van der Waals surface area contributed by atoms with Crippen molar-refractivity contribution in [2.45, 2.75) is 19.8 Å². The van der Waals surface area contributed by atoms with Gasteiger partial charge in [-0.3, -0.25) is 0 Å². The number of anilines is 1. The molecule has 2 heterocycles. The highest BCUT2D eigenvalue weighted by Gasteiger charge is 2.22. The summed E-state index contributed by atoms with van der Waals surface area (Å²) in [6.45, 7) is 6.41. The molecule has 2 rings (SSSR count). The van der Waals surface area contributed by atoms with Crippen molar-refractivity contribution in [1.82, 2.24) is 25.5 Å². The van der Waals surface area contributed by atoms with E-state index in [1.807, 2.05) is 7.05 Å². The predicted molar refractivity (Wildman–Crippen MR) is 62.3 cm³/mol. The van der Waals surface area contributed by atoms with Gasteiger partial charge in [0.1, 0.15) is 0 Å². The third-order valence-corrected chi connectivity index (χ3v) is 3.08. The summed E-state index contributed by atoms with van der Waals surface area (Å²) >= 11 is 0. The van der Waals surface area contributed by atoms with Crippen molar-refractivity contribution in [3.8, 4) is 0 Å². The molecule has 1 aliphatic heterocycles. The van der Waals surface area contributed by atoms with Gasteiger partial charge in [0, 0.05) is 20.1 Å². The Hall–Kier alpha value is -1.17. The second kappa shape index (κ2) is 5.25.